The number of fused-ring (bicyclic) bond motifs is 1. The van der Waals surface area contributed by atoms with Gasteiger partial charge in [-0.3, -0.25) is 0 Å². The molecule has 0 bridgehead atoms. The average Bonchev–Trinajstić information content (AvgIpc) is 3.14. The van der Waals surface area contributed by atoms with Crippen LogP contribution in [-0.4, -0.2) is 66.9 Å². The van der Waals surface area contributed by atoms with Gasteiger partial charge in [0.25, 0.3) is 0 Å². The number of aromatic nitrogens is 3. The highest BCUT2D eigenvalue weighted by molar-refractivity contribution is 5.56. The molecule has 0 amide bonds. The molecule has 146 valence electrons. The van der Waals surface area contributed by atoms with Crippen LogP contribution >= 0.6 is 0 Å². The Kier molecular flexibility index (Phi) is 5.18. The van der Waals surface area contributed by atoms with Crippen molar-refractivity contribution in [2.75, 3.05) is 52.5 Å². The summed E-state index contributed by atoms with van der Waals surface area (Å²) in [5.41, 5.74) is 2.89. The van der Waals surface area contributed by atoms with Crippen LogP contribution in [0.2, 0.25) is 0 Å². The summed E-state index contributed by atoms with van der Waals surface area (Å²) in [6.45, 7) is 5.97. The zero-order valence-electron chi connectivity index (χ0n) is 16.2. The van der Waals surface area contributed by atoms with Crippen LogP contribution < -0.4 is 14.8 Å². The van der Waals surface area contributed by atoms with Gasteiger partial charge in [-0.1, -0.05) is 0 Å². The molecule has 1 N–H and O–H groups in total. The van der Waals surface area contributed by atoms with E-state index >= 15 is 0 Å². The summed E-state index contributed by atoms with van der Waals surface area (Å²) in [7, 11) is 3.78. The Bertz CT molecular complexity index is 807. The minimum atomic E-state index is 0.452. The number of nitrogens with one attached hydrogen (secondary N) is 1. The number of rotatable bonds is 5. The molecule has 8 nitrogen and oxygen atoms in total. The fourth-order valence-electron chi connectivity index (χ4n) is 3.74. The molecule has 1 saturated heterocycles. The predicted octanol–water partition coefficient (Wildman–Crippen LogP) is 1.86. The van der Waals surface area contributed by atoms with Crippen molar-refractivity contribution in [3.05, 3.63) is 23.4 Å². The maximum atomic E-state index is 6.17. The smallest absolute Gasteiger partial charge is 0.238 e. The van der Waals surface area contributed by atoms with Crippen molar-refractivity contribution in [2.45, 2.75) is 19.8 Å². The molecule has 2 aromatic rings. The SMILES string of the molecule is COc1ncc(-n2nc(OCC3CCN(C)C3)c3c2NCOCC3)cc1C. The lowest BCUT2D eigenvalue weighted by molar-refractivity contribution is 0.158. The number of methoxy groups -OCH3 is 1. The van der Waals surface area contributed by atoms with E-state index < -0.39 is 0 Å². The van der Waals surface area contributed by atoms with E-state index in [4.69, 9.17) is 19.3 Å². The number of nitrogens with zero attached hydrogens (tertiary/aromatic N) is 4. The number of anilines is 1. The van der Waals surface area contributed by atoms with Crippen molar-refractivity contribution in [2.24, 2.45) is 5.92 Å². The molecule has 1 fully saturated rings. The third-order valence-corrected chi connectivity index (χ3v) is 5.18. The lowest BCUT2D eigenvalue weighted by atomic mass is 10.1. The summed E-state index contributed by atoms with van der Waals surface area (Å²) in [5, 5.41) is 8.09. The van der Waals surface area contributed by atoms with Crippen LogP contribution in [0, 0.1) is 12.8 Å². The first-order valence-electron chi connectivity index (χ1n) is 9.41. The van der Waals surface area contributed by atoms with Crippen LogP contribution in [0.25, 0.3) is 5.69 Å². The zero-order valence-corrected chi connectivity index (χ0v) is 16.2. The summed E-state index contributed by atoms with van der Waals surface area (Å²) in [6, 6.07) is 2.02. The van der Waals surface area contributed by atoms with E-state index in [2.05, 4.69) is 22.2 Å². The number of aryl methyl sites for hydroxylation is 1. The predicted molar refractivity (Wildman–Crippen MR) is 102 cm³/mol. The number of ether oxygens (including phenoxy) is 3. The summed E-state index contributed by atoms with van der Waals surface area (Å²) < 4.78 is 18.9. The maximum absolute atomic E-state index is 6.17. The van der Waals surface area contributed by atoms with Gasteiger partial charge in [-0.2, -0.15) is 0 Å². The molecule has 8 heteroatoms. The fraction of sp³-hybridized carbons (Fsp3) is 0.579. The molecule has 4 heterocycles. The zero-order chi connectivity index (χ0) is 18.8. The number of hydrogen-bond acceptors (Lipinski definition) is 7. The van der Waals surface area contributed by atoms with E-state index in [1.54, 1.807) is 13.3 Å². The van der Waals surface area contributed by atoms with Gasteiger partial charge >= 0.3 is 0 Å². The first kappa shape index (κ1) is 18.1. The average molecular weight is 373 g/mol. The van der Waals surface area contributed by atoms with Gasteiger partial charge in [0, 0.05) is 24.4 Å². The number of likely N-dealkylation sites (tertiary alicyclic amines) is 1. The molecule has 1 unspecified atom stereocenters. The molecule has 0 aromatic carbocycles. The fourth-order valence-corrected chi connectivity index (χ4v) is 3.74. The van der Waals surface area contributed by atoms with Gasteiger partial charge in [-0.05, 0) is 33.0 Å². The van der Waals surface area contributed by atoms with Crippen LogP contribution in [0.4, 0.5) is 5.82 Å². The standard InChI is InChI=1S/C19H27N5O3/c1-13-8-15(9-20-18(13)25-3)24-17-16(5-7-26-12-21-17)19(22-24)27-11-14-4-6-23(2)10-14/h8-9,14,21H,4-7,10-12H2,1-3H3. The normalized spacial score (nSPS) is 20.0. The van der Waals surface area contributed by atoms with E-state index in [-0.39, 0.29) is 0 Å². The van der Waals surface area contributed by atoms with Crippen molar-refractivity contribution >= 4 is 5.82 Å². The first-order valence-corrected chi connectivity index (χ1v) is 9.41. The van der Waals surface area contributed by atoms with Gasteiger partial charge in [0.05, 0.1) is 37.8 Å². The van der Waals surface area contributed by atoms with Gasteiger partial charge in [-0.15, -0.1) is 5.10 Å². The summed E-state index contributed by atoms with van der Waals surface area (Å²) in [6.07, 6.45) is 3.70. The van der Waals surface area contributed by atoms with E-state index in [0.29, 0.717) is 37.6 Å². The quantitative estimate of drug-likeness (QED) is 0.857. The molecular formula is C19H27N5O3. The Morgan fingerprint density at radius 1 is 1.37 bits per heavy atom. The molecule has 0 radical (unpaired) electrons. The third kappa shape index (κ3) is 3.72. The van der Waals surface area contributed by atoms with Gasteiger partial charge < -0.3 is 24.4 Å². The molecule has 0 aliphatic carbocycles. The van der Waals surface area contributed by atoms with E-state index in [9.17, 15) is 0 Å². The van der Waals surface area contributed by atoms with Gasteiger partial charge in [0.1, 0.15) is 12.5 Å². The minimum Gasteiger partial charge on any atom is -0.481 e. The van der Waals surface area contributed by atoms with Crippen LogP contribution in [0.5, 0.6) is 11.8 Å². The molecule has 0 saturated carbocycles. The van der Waals surface area contributed by atoms with Gasteiger partial charge in [0.2, 0.25) is 11.8 Å². The molecule has 4 rings (SSSR count). The second-order valence-electron chi connectivity index (χ2n) is 7.27. The van der Waals surface area contributed by atoms with Crippen molar-refractivity contribution < 1.29 is 14.2 Å². The first-order chi connectivity index (χ1) is 13.2. The molecule has 27 heavy (non-hydrogen) atoms. The van der Waals surface area contributed by atoms with Crippen molar-refractivity contribution in [3.63, 3.8) is 0 Å². The van der Waals surface area contributed by atoms with Crippen molar-refractivity contribution in [1.82, 2.24) is 19.7 Å². The monoisotopic (exact) mass is 373 g/mol. The molecule has 2 aliphatic heterocycles. The Hall–Kier alpha value is -2.32. The second-order valence-corrected chi connectivity index (χ2v) is 7.27. The Labute approximate surface area is 159 Å². The third-order valence-electron chi connectivity index (χ3n) is 5.18. The molecule has 1 atom stereocenters. The molecule has 2 aromatic heterocycles. The van der Waals surface area contributed by atoms with E-state index in [1.807, 2.05) is 17.7 Å². The van der Waals surface area contributed by atoms with Crippen LogP contribution in [0.1, 0.15) is 17.5 Å². The highest BCUT2D eigenvalue weighted by Crippen LogP contribution is 2.32. The highest BCUT2D eigenvalue weighted by atomic mass is 16.5. The van der Waals surface area contributed by atoms with Gasteiger partial charge in [-0.25, -0.2) is 9.67 Å². The lowest BCUT2D eigenvalue weighted by Crippen LogP contribution is -2.18. The largest absolute Gasteiger partial charge is 0.481 e. The molecule has 0 spiro atoms. The molecular weight excluding hydrogens is 346 g/mol. The number of pyridine rings is 1. The molecule has 2 aliphatic rings. The van der Waals surface area contributed by atoms with Crippen molar-refractivity contribution in [3.8, 4) is 17.4 Å². The Morgan fingerprint density at radius 3 is 3.00 bits per heavy atom. The second kappa shape index (κ2) is 7.74. The Morgan fingerprint density at radius 2 is 2.26 bits per heavy atom. The van der Waals surface area contributed by atoms with Crippen LogP contribution in [-0.2, 0) is 11.2 Å². The Balaban J connectivity index is 1.63. The van der Waals surface area contributed by atoms with E-state index in [0.717, 1.165) is 42.1 Å². The van der Waals surface area contributed by atoms with Crippen LogP contribution in [0.3, 0.4) is 0 Å². The minimum absolute atomic E-state index is 0.452. The van der Waals surface area contributed by atoms with Gasteiger partial charge in [0.15, 0.2) is 0 Å². The topological polar surface area (TPSA) is 73.7 Å². The highest BCUT2D eigenvalue weighted by Gasteiger charge is 2.25. The summed E-state index contributed by atoms with van der Waals surface area (Å²) in [4.78, 5) is 6.73. The van der Waals surface area contributed by atoms with Crippen LogP contribution in [0.15, 0.2) is 12.3 Å². The van der Waals surface area contributed by atoms with E-state index in [1.165, 1.54) is 6.42 Å². The lowest BCUT2D eigenvalue weighted by Gasteiger charge is -2.11. The number of hydrogen-bond donors (Lipinski definition) is 1. The summed E-state index contributed by atoms with van der Waals surface area (Å²) >= 11 is 0. The maximum Gasteiger partial charge on any atom is 0.238 e. The van der Waals surface area contributed by atoms with Crippen molar-refractivity contribution in [1.29, 1.82) is 0 Å². The summed E-state index contributed by atoms with van der Waals surface area (Å²) in [5.74, 6) is 2.77.